The van der Waals surface area contributed by atoms with Crippen molar-refractivity contribution in [3.63, 3.8) is 0 Å². The van der Waals surface area contributed by atoms with Crippen LogP contribution in [0.15, 0.2) is 29.6 Å². The summed E-state index contributed by atoms with van der Waals surface area (Å²) in [5, 5.41) is 12.9. The van der Waals surface area contributed by atoms with Crippen LogP contribution in [-0.2, 0) is 6.54 Å². The first-order valence-electron chi connectivity index (χ1n) is 6.47. The number of thioether (sulfide) groups is 1. The first kappa shape index (κ1) is 15.9. The highest BCUT2D eigenvalue weighted by Gasteiger charge is 2.09. The molecule has 2 aromatic rings. The molecule has 0 bridgehead atoms. The molecule has 0 amide bonds. The minimum atomic E-state index is 0.408. The van der Waals surface area contributed by atoms with Crippen LogP contribution >= 0.6 is 11.8 Å². The Hall–Kier alpha value is -2.46. The van der Waals surface area contributed by atoms with E-state index in [2.05, 4.69) is 21.4 Å². The molecular formula is C15H16N4O2S. The van der Waals surface area contributed by atoms with E-state index in [-0.39, 0.29) is 0 Å². The van der Waals surface area contributed by atoms with Gasteiger partial charge in [0.1, 0.15) is 28.9 Å². The van der Waals surface area contributed by atoms with Crippen LogP contribution in [0.25, 0.3) is 0 Å². The second-order valence-electron chi connectivity index (χ2n) is 4.26. The number of benzene rings is 1. The van der Waals surface area contributed by atoms with Crippen LogP contribution in [0.5, 0.6) is 11.5 Å². The maximum absolute atomic E-state index is 9.13. The lowest BCUT2D eigenvalue weighted by molar-refractivity contribution is 0.391. The predicted molar refractivity (Wildman–Crippen MR) is 85.4 cm³/mol. The van der Waals surface area contributed by atoms with E-state index in [4.69, 9.17) is 14.7 Å². The molecule has 22 heavy (non-hydrogen) atoms. The number of hydrogen-bond donors (Lipinski definition) is 1. The van der Waals surface area contributed by atoms with Gasteiger partial charge in [-0.15, -0.1) is 0 Å². The summed E-state index contributed by atoms with van der Waals surface area (Å²) in [7, 11) is 3.21. The molecule has 0 radical (unpaired) electrons. The van der Waals surface area contributed by atoms with Gasteiger partial charge in [-0.1, -0.05) is 11.8 Å². The zero-order chi connectivity index (χ0) is 15.9. The van der Waals surface area contributed by atoms with Gasteiger partial charge in [0.15, 0.2) is 5.16 Å². The normalized spacial score (nSPS) is 9.91. The summed E-state index contributed by atoms with van der Waals surface area (Å²) in [5.74, 6) is 1.95. The summed E-state index contributed by atoms with van der Waals surface area (Å²) in [5.41, 5.74) is 1.35. The number of aromatic nitrogens is 2. The average molecular weight is 316 g/mol. The molecule has 7 heteroatoms. The lowest BCUT2D eigenvalue weighted by atomic mass is 10.2. The third-order valence-electron chi connectivity index (χ3n) is 3.01. The van der Waals surface area contributed by atoms with E-state index in [1.54, 1.807) is 14.2 Å². The molecule has 0 atom stereocenters. The molecule has 1 heterocycles. The molecule has 0 unspecified atom stereocenters. The Labute approximate surface area is 133 Å². The summed E-state index contributed by atoms with van der Waals surface area (Å²) >= 11 is 1.42. The van der Waals surface area contributed by atoms with E-state index < -0.39 is 0 Å². The molecule has 0 aliphatic heterocycles. The summed E-state index contributed by atoms with van der Waals surface area (Å²) in [4.78, 5) is 8.41. The molecule has 114 valence electrons. The molecule has 1 N–H and O–H groups in total. The summed E-state index contributed by atoms with van der Waals surface area (Å²) in [6, 6.07) is 7.67. The fraction of sp³-hybridized carbons (Fsp3) is 0.267. The van der Waals surface area contributed by atoms with Crippen molar-refractivity contribution in [2.24, 2.45) is 0 Å². The molecule has 0 aliphatic rings. The number of hydrogen-bond acceptors (Lipinski definition) is 7. The van der Waals surface area contributed by atoms with Gasteiger partial charge in [-0.25, -0.2) is 9.97 Å². The van der Waals surface area contributed by atoms with E-state index in [9.17, 15) is 0 Å². The molecule has 0 saturated heterocycles. The third-order valence-corrected chi connectivity index (χ3v) is 3.57. The topological polar surface area (TPSA) is 80.1 Å². The number of nitrogens with one attached hydrogen (secondary N) is 1. The van der Waals surface area contributed by atoms with Gasteiger partial charge in [-0.3, -0.25) is 0 Å². The fourth-order valence-electron chi connectivity index (χ4n) is 1.86. The Kier molecular flexibility index (Phi) is 5.44. The number of methoxy groups -OCH3 is 2. The second kappa shape index (κ2) is 7.52. The zero-order valence-corrected chi connectivity index (χ0v) is 13.4. The lowest BCUT2D eigenvalue weighted by Crippen LogP contribution is -2.06. The highest BCUT2D eigenvalue weighted by molar-refractivity contribution is 7.98. The fourth-order valence-corrected chi connectivity index (χ4v) is 2.20. The zero-order valence-electron chi connectivity index (χ0n) is 12.6. The lowest BCUT2D eigenvalue weighted by Gasteiger charge is -2.12. The number of nitriles is 1. The molecular weight excluding hydrogens is 300 g/mol. The van der Waals surface area contributed by atoms with Gasteiger partial charge in [0.25, 0.3) is 0 Å². The Bertz CT molecular complexity index is 700. The van der Waals surface area contributed by atoms with Crippen LogP contribution < -0.4 is 14.8 Å². The SMILES string of the molecule is COc1ccc(CNc2nc(SC)ncc2C#N)c(OC)c1. The quantitative estimate of drug-likeness (QED) is 0.648. The van der Waals surface area contributed by atoms with Crippen molar-refractivity contribution < 1.29 is 9.47 Å². The molecule has 0 saturated carbocycles. The minimum Gasteiger partial charge on any atom is -0.497 e. The Balaban J connectivity index is 2.21. The van der Waals surface area contributed by atoms with E-state index >= 15 is 0 Å². The summed E-state index contributed by atoms with van der Waals surface area (Å²) in [6.07, 6.45) is 3.41. The monoisotopic (exact) mass is 316 g/mol. The van der Waals surface area contributed by atoms with Crippen LogP contribution in [0.1, 0.15) is 11.1 Å². The van der Waals surface area contributed by atoms with Crippen molar-refractivity contribution in [3.05, 3.63) is 35.5 Å². The number of anilines is 1. The second-order valence-corrected chi connectivity index (χ2v) is 5.04. The standard InChI is InChI=1S/C15H16N4O2S/c1-20-12-5-4-10(13(6-12)21-2)8-17-14-11(7-16)9-18-15(19-14)22-3/h4-6,9H,8H2,1-3H3,(H,17,18,19). The summed E-state index contributed by atoms with van der Waals surface area (Å²) in [6.45, 7) is 0.479. The van der Waals surface area contributed by atoms with Crippen molar-refractivity contribution in [2.75, 3.05) is 25.8 Å². The number of ether oxygens (including phenoxy) is 2. The molecule has 0 fully saturated rings. The number of rotatable bonds is 6. The predicted octanol–water partition coefficient (Wildman–Crippen LogP) is 2.70. The highest BCUT2D eigenvalue weighted by atomic mass is 32.2. The van der Waals surface area contributed by atoms with Gasteiger partial charge in [0, 0.05) is 18.2 Å². The Morgan fingerprint density at radius 1 is 1.32 bits per heavy atom. The molecule has 0 spiro atoms. The maximum Gasteiger partial charge on any atom is 0.189 e. The van der Waals surface area contributed by atoms with Crippen molar-refractivity contribution in [1.29, 1.82) is 5.26 Å². The van der Waals surface area contributed by atoms with Crippen LogP contribution in [-0.4, -0.2) is 30.4 Å². The van der Waals surface area contributed by atoms with E-state index in [0.29, 0.717) is 28.8 Å². The van der Waals surface area contributed by atoms with E-state index in [1.807, 2.05) is 24.5 Å². The van der Waals surface area contributed by atoms with Gasteiger partial charge >= 0.3 is 0 Å². The molecule has 1 aromatic heterocycles. The van der Waals surface area contributed by atoms with Crippen LogP contribution in [0, 0.1) is 11.3 Å². The van der Waals surface area contributed by atoms with Gasteiger partial charge in [-0.2, -0.15) is 5.26 Å². The molecule has 6 nitrogen and oxygen atoms in total. The number of nitrogens with zero attached hydrogens (tertiary/aromatic N) is 3. The third kappa shape index (κ3) is 3.59. The highest BCUT2D eigenvalue weighted by Crippen LogP contribution is 2.25. The first-order chi connectivity index (χ1) is 10.7. The maximum atomic E-state index is 9.13. The Morgan fingerprint density at radius 3 is 2.77 bits per heavy atom. The molecule has 1 aromatic carbocycles. The first-order valence-corrected chi connectivity index (χ1v) is 7.70. The van der Waals surface area contributed by atoms with Crippen LogP contribution in [0.4, 0.5) is 5.82 Å². The van der Waals surface area contributed by atoms with E-state index in [0.717, 1.165) is 11.3 Å². The smallest absolute Gasteiger partial charge is 0.189 e. The summed E-state index contributed by atoms with van der Waals surface area (Å²) < 4.78 is 10.5. The Morgan fingerprint density at radius 2 is 2.14 bits per heavy atom. The largest absolute Gasteiger partial charge is 0.497 e. The van der Waals surface area contributed by atoms with Crippen molar-refractivity contribution >= 4 is 17.6 Å². The minimum absolute atomic E-state index is 0.408. The van der Waals surface area contributed by atoms with Crippen molar-refractivity contribution in [2.45, 2.75) is 11.7 Å². The van der Waals surface area contributed by atoms with Gasteiger partial charge < -0.3 is 14.8 Å². The van der Waals surface area contributed by atoms with Gasteiger partial charge in [0.2, 0.25) is 0 Å². The van der Waals surface area contributed by atoms with E-state index in [1.165, 1.54) is 18.0 Å². The molecule has 2 rings (SSSR count). The van der Waals surface area contributed by atoms with Gasteiger partial charge in [-0.05, 0) is 18.4 Å². The van der Waals surface area contributed by atoms with Crippen molar-refractivity contribution in [1.82, 2.24) is 9.97 Å². The van der Waals surface area contributed by atoms with Crippen LogP contribution in [0.2, 0.25) is 0 Å². The average Bonchev–Trinajstić information content (AvgIpc) is 2.59. The van der Waals surface area contributed by atoms with Crippen LogP contribution in [0.3, 0.4) is 0 Å². The van der Waals surface area contributed by atoms with Crippen molar-refractivity contribution in [3.8, 4) is 17.6 Å². The molecule has 0 aliphatic carbocycles. The van der Waals surface area contributed by atoms with Gasteiger partial charge in [0.05, 0.1) is 20.4 Å².